The van der Waals surface area contributed by atoms with Crippen LogP contribution in [0.2, 0.25) is 0 Å². The molecule has 1 aliphatic carbocycles. The van der Waals surface area contributed by atoms with Crippen molar-refractivity contribution in [1.29, 1.82) is 0 Å². The van der Waals surface area contributed by atoms with E-state index in [0.29, 0.717) is 12.0 Å². The number of primary amides is 1. The highest BCUT2D eigenvalue weighted by atomic mass is 79.9. The van der Waals surface area contributed by atoms with Crippen LogP contribution >= 0.6 is 15.9 Å². The number of aromatic nitrogens is 2. The summed E-state index contributed by atoms with van der Waals surface area (Å²) in [4.78, 5) is 27.3. The average molecular weight is 361 g/mol. The number of imide groups is 1. The van der Waals surface area contributed by atoms with Gasteiger partial charge in [0.15, 0.2) is 0 Å². The molecule has 112 valence electrons. The minimum absolute atomic E-state index is 0.213. The molecule has 3 N–H and O–H groups in total. The molecule has 2 aromatic rings. The van der Waals surface area contributed by atoms with Crippen molar-refractivity contribution >= 4 is 27.9 Å². The van der Waals surface area contributed by atoms with Gasteiger partial charge < -0.3 is 10.3 Å². The van der Waals surface area contributed by atoms with Crippen LogP contribution in [0, 0.1) is 0 Å². The van der Waals surface area contributed by atoms with Gasteiger partial charge in [-0.25, -0.2) is 9.78 Å². The van der Waals surface area contributed by atoms with Gasteiger partial charge in [-0.1, -0.05) is 22.0 Å². The van der Waals surface area contributed by atoms with Crippen molar-refractivity contribution in [3.63, 3.8) is 0 Å². The molecule has 0 radical (unpaired) electrons. The summed E-state index contributed by atoms with van der Waals surface area (Å²) in [6.07, 6.45) is 3.81. The third-order valence-electron chi connectivity index (χ3n) is 4.40. The first kappa shape index (κ1) is 13.5. The van der Waals surface area contributed by atoms with Crippen LogP contribution in [0.25, 0.3) is 11.4 Å². The first-order valence-corrected chi connectivity index (χ1v) is 7.81. The number of carbonyl (C=O) groups excluding carboxylic acids is 2. The zero-order chi connectivity index (χ0) is 15.4. The number of urea groups is 1. The predicted molar refractivity (Wildman–Crippen MR) is 83.4 cm³/mol. The number of amides is 3. The quantitative estimate of drug-likeness (QED) is 0.818. The number of carbonyl (C=O) groups is 2. The van der Waals surface area contributed by atoms with Gasteiger partial charge in [-0.05, 0) is 36.5 Å². The minimum atomic E-state index is -0.875. The smallest absolute Gasteiger partial charge is 0.319 e. The van der Waals surface area contributed by atoms with Gasteiger partial charge in [-0.15, -0.1) is 0 Å². The molecule has 3 aliphatic rings. The van der Waals surface area contributed by atoms with Crippen molar-refractivity contribution in [3.8, 4) is 11.4 Å². The Kier molecular flexibility index (Phi) is 2.87. The maximum Gasteiger partial charge on any atom is 0.319 e. The monoisotopic (exact) mass is 360 g/mol. The van der Waals surface area contributed by atoms with E-state index < -0.39 is 11.9 Å². The standard InChI is InChI=1S/C15H13BrN4O2/c16-8-1-2-10-7-3-9(4-7)20-6-12(14(21)19-15(17)22)18-13(20)11(10)5-8/h1-2,5-7,9H,3-4H2,(H3,17,19,21,22). The van der Waals surface area contributed by atoms with Gasteiger partial charge in [0.1, 0.15) is 11.5 Å². The van der Waals surface area contributed by atoms with Gasteiger partial charge in [0.2, 0.25) is 0 Å². The fourth-order valence-electron chi connectivity index (χ4n) is 3.30. The summed E-state index contributed by atoms with van der Waals surface area (Å²) in [6, 6.07) is 5.66. The summed E-state index contributed by atoms with van der Waals surface area (Å²) in [6.45, 7) is 0. The highest BCUT2D eigenvalue weighted by Gasteiger charge is 2.39. The molecule has 6 nitrogen and oxygen atoms in total. The van der Waals surface area contributed by atoms with Crippen LogP contribution in [0.15, 0.2) is 28.9 Å². The van der Waals surface area contributed by atoms with E-state index in [4.69, 9.17) is 5.73 Å². The van der Waals surface area contributed by atoms with Crippen LogP contribution < -0.4 is 11.1 Å². The molecule has 22 heavy (non-hydrogen) atoms. The summed E-state index contributed by atoms with van der Waals surface area (Å²) in [5, 5.41) is 2.06. The Bertz CT molecular complexity index is 808. The Labute approximate surface area is 134 Å². The largest absolute Gasteiger partial charge is 0.351 e. The van der Waals surface area contributed by atoms with Crippen molar-refractivity contribution in [1.82, 2.24) is 14.9 Å². The number of imidazole rings is 1. The van der Waals surface area contributed by atoms with E-state index in [2.05, 4.69) is 32.3 Å². The van der Waals surface area contributed by atoms with E-state index >= 15 is 0 Å². The van der Waals surface area contributed by atoms with Gasteiger partial charge in [0.05, 0.1) is 0 Å². The molecule has 3 heterocycles. The number of hydrogen-bond acceptors (Lipinski definition) is 3. The molecule has 1 aromatic carbocycles. The second-order valence-electron chi connectivity index (χ2n) is 5.73. The van der Waals surface area contributed by atoms with Crippen LogP contribution in [0.4, 0.5) is 4.79 Å². The molecule has 2 bridgehead atoms. The molecular formula is C15H13BrN4O2. The lowest BCUT2D eigenvalue weighted by molar-refractivity contribution is 0.0961. The van der Waals surface area contributed by atoms with Crippen LogP contribution in [0.1, 0.15) is 40.9 Å². The third kappa shape index (κ3) is 1.96. The first-order chi connectivity index (χ1) is 10.5. The summed E-state index contributed by atoms with van der Waals surface area (Å²) < 4.78 is 3.02. The van der Waals surface area contributed by atoms with Gasteiger partial charge >= 0.3 is 6.03 Å². The number of halogens is 1. The van der Waals surface area contributed by atoms with Crippen LogP contribution in [0.5, 0.6) is 0 Å². The topological polar surface area (TPSA) is 90.0 Å². The minimum Gasteiger partial charge on any atom is -0.351 e. The van der Waals surface area contributed by atoms with E-state index in [1.54, 1.807) is 6.20 Å². The number of hydrogen-bond donors (Lipinski definition) is 2. The first-order valence-electron chi connectivity index (χ1n) is 7.02. The highest BCUT2D eigenvalue weighted by molar-refractivity contribution is 9.10. The van der Waals surface area contributed by atoms with E-state index in [-0.39, 0.29) is 5.69 Å². The van der Waals surface area contributed by atoms with Gasteiger partial charge in [0, 0.05) is 22.3 Å². The zero-order valence-corrected chi connectivity index (χ0v) is 13.1. The van der Waals surface area contributed by atoms with Crippen LogP contribution in [0.3, 0.4) is 0 Å². The maximum atomic E-state index is 12.0. The third-order valence-corrected chi connectivity index (χ3v) is 4.90. The van der Waals surface area contributed by atoms with Crippen molar-refractivity contribution in [2.75, 3.05) is 0 Å². The maximum absolute atomic E-state index is 12.0. The number of rotatable bonds is 1. The molecule has 5 rings (SSSR count). The Morgan fingerprint density at radius 1 is 1.36 bits per heavy atom. The highest BCUT2D eigenvalue weighted by Crippen LogP contribution is 2.52. The zero-order valence-electron chi connectivity index (χ0n) is 11.5. The SMILES string of the molecule is NC(=O)NC(=O)c1cn2c(n1)-c1cc(Br)ccc1C1CC2C1. The molecule has 0 spiro atoms. The van der Waals surface area contributed by atoms with E-state index in [1.807, 2.05) is 16.7 Å². The Morgan fingerprint density at radius 3 is 2.86 bits per heavy atom. The number of nitrogens with one attached hydrogen (secondary N) is 1. The van der Waals surface area contributed by atoms with Crippen LogP contribution in [-0.4, -0.2) is 21.5 Å². The van der Waals surface area contributed by atoms with E-state index in [9.17, 15) is 9.59 Å². The number of nitrogens with two attached hydrogens (primary N) is 1. The van der Waals surface area contributed by atoms with Gasteiger partial charge in [-0.2, -0.15) is 0 Å². The lowest BCUT2D eigenvalue weighted by Crippen LogP contribution is -2.35. The number of benzene rings is 1. The lowest BCUT2D eigenvalue weighted by atomic mass is 9.76. The fraction of sp³-hybridized carbons (Fsp3) is 0.267. The van der Waals surface area contributed by atoms with Gasteiger partial charge in [0.25, 0.3) is 5.91 Å². The van der Waals surface area contributed by atoms with E-state index in [1.165, 1.54) is 5.56 Å². The van der Waals surface area contributed by atoms with Crippen LogP contribution in [-0.2, 0) is 0 Å². The molecule has 0 unspecified atom stereocenters. The Morgan fingerprint density at radius 2 is 2.14 bits per heavy atom. The van der Waals surface area contributed by atoms with Crippen molar-refractivity contribution in [2.45, 2.75) is 24.8 Å². The molecule has 0 saturated heterocycles. The fourth-order valence-corrected chi connectivity index (χ4v) is 3.66. The Balaban J connectivity index is 1.84. The number of nitrogens with zero attached hydrogens (tertiary/aromatic N) is 2. The summed E-state index contributed by atoms with van der Waals surface area (Å²) in [5.41, 5.74) is 7.52. The van der Waals surface area contributed by atoms with Gasteiger partial charge in [-0.3, -0.25) is 10.1 Å². The van der Waals surface area contributed by atoms with Crippen molar-refractivity contribution in [2.24, 2.45) is 5.73 Å². The molecule has 3 amide bonds. The lowest BCUT2D eigenvalue weighted by Gasteiger charge is -2.34. The molecule has 2 aliphatic heterocycles. The molecule has 1 saturated carbocycles. The molecule has 0 atom stereocenters. The second-order valence-corrected chi connectivity index (χ2v) is 6.64. The summed E-state index contributed by atoms with van der Waals surface area (Å²) >= 11 is 3.49. The second kappa shape index (κ2) is 4.67. The molecule has 1 aromatic heterocycles. The summed E-state index contributed by atoms with van der Waals surface area (Å²) in [5.74, 6) is 0.758. The van der Waals surface area contributed by atoms with E-state index in [0.717, 1.165) is 28.7 Å². The van der Waals surface area contributed by atoms with Crippen molar-refractivity contribution in [3.05, 3.63) is 40.1 Å². The molecule has 1 fully saturated rings. The normalized spacial score (nSPS) is 21.1. The summed E-state index contributed by atoms with van der Waals surface area (Å²) in [7, 11) is 0. The predicted octanol–water partition coefficient (Wildman–Crippen LogP) is 2.55. The Hall–Kier alpha value is -2.15. The molecule has 7 heteroatoms. The molecular weight excluding hydrogens is 348 g/mol. The van der Waals surface area contributed by atoms with Crippen molar-refractivity contribution < 1.29 is 9.59 Å². The average Bonchev–Trinajstić information content (AvgIpc) is 2.74.